The lowest BCUT2D eigenvalue weighted by molar-refractivity contribution is -0.137. The maximum Gasteiger partial charge on any atom is 0.417 e. The van der Waals surface area contributed by atoms with Gasteiger partial charge in [-0.05, 0) is 69.0 Å². The van der Waals surface area contributed by atoms with Gasteiger partial charge in [0, 0.05) is 30.5 Å². The van der Waals surface area contributed by atoms with Crippen LogP contribution in [0.3, 0.4) is 0 Å². The molecule has 0 bridgehead atoms. The predicted octanol–water partition coefficient (Wildman–Crippen LogP) is 5.91. The lowest BCUT2D eigenvalue weighted by Gasteiger charge is -2.37. The van der Waals surface area contributed by atoms with Gasteiger partial charge in [0.2, 0.25) is 0 Å². The van der Waals surface area contributed by atoms with Crippen molar-refractivity contribution in [2.45, 2.75) is 69.9 Å². The quantitative estimate of drug-likeness (QED) is 0.600. The fourth-order valence-corrected chi connectivity index (χ4v) is 5.57. The van der Waals surface area contributed by atoms with Crippen molar-refractivity contribution < 1.29 is 22.7 Å². The van der Waals surface area contributed by atoms with Crippen molar-refractivity contribution in [1.82, 2.24) is 4.90 Å². The standard InChI is InChI=1S/C26H30F3N3O2/c1-17-30-23-8-4-7-22(26(27,28)29)24(23)25(33)32(17)19-9-11-20(12-10-19)34-21-13-15-31(16-14-21)18-5-2-3-6-18/h4,7-12,17-18,21,30H,2-3,5-6,13-16H2,1H3. The minimum Gasteiger partial charge on any atom is -0.490 e. The summed E-state index contributed by atoms with van der Waals surface area (Å²) in [5.41, 5.74) is -0.547. The van der Waals surface area contributed by atoms with Gasteiger partial charge in [0.1, 0.15) is 18.0 Å². The van der Waals surface area contributed by atoms with E-state index >= 15 is 0 Å². The molecule has 2 aliphatic heterocycles. The van der Waals surface area contributed by atoms with Crippen LogP contribution in [0.25, 0.3) is 0 Å². The van der Waals surface area contributed by atoms with Crippen LogP contribution < -0.4 is 15.0 Å². The molecular weight excluding hydrogens is 443 g/mol. The van der Waals surface area contributed by atoms with Crippen molar-refractivity contribution >= 4 is 17.3 Å². The van der Waals surface area contributed by atoms with Crippen LogP contribution in [-0.4, -0.2) is 42.2 Å². The van der Waals surface area contributed by atoms with Crippen LogP contribution in [0, 0.1) is 0 Å². The Bertz CT molecular complexity index is 1030. The van der Waals surface area contributed by atoms with Crippen LogP contribution in [0.1, 0.15) is 61.4 Å². The highest BCUT2D eigenvalue weighted by Gasteiger charge is 2.41. The normalized spacial score (nSPS) is 22.5. The molecule has 1 saturated carbocycles. The number of hydrogen-bond acceptors (Lipinski definition) is 4. The number of amides is 1. The zero-order valence-electron chi connectivity index (χ0n) is 19.3. The number of ether oxygens (including phenoxy) is 1. The van der Waals surface area contributed by atoms with E-state index in [1.807, 2.05) is 0 Å². The lowest BCUT2D eigenvalue weighted by atomic mass is 10.00. The SMILES string of the molecule is CC1Nc2cccc(C(F)(F)F)c2C(=O)N1c1ccc(OC2CCN(C3CCCC3)CC2)cc1. The Labute approximate surface area is 197 Å². The van der Waals surface area contributed by atoms with Gasteiger partial charge in [-0.25, -0.2) is 0 Å². The molecule has 5 nitrogen and oxygen atoms in total. The highest BCUT2D eigenvalue weighted by molar-refractivity contribution is 6.13. The molecule has 0 spiro atoms. The number of benzene rings is 2. The first-order valence-electron chi connectivity index (χ1n) is 12.1. The first-order valence-corrected chi connectivity index (χ1v) is 12.1. The van der Waals surface area contributed by atoms with E-state index in [4.69, 9.17) is 4.74 Å². The zero-order chi connectivity index (χ0) is 23.9. The number of fused-ring (bicyclic) bond motifs is 1. The monoisotopic (exact) mass is 473 g/mol. The first-order chi connectivity index (χ1) is 16.3. The highest BCUT2D eigenvalue weighted by atomic mass is 19.4. The number of rotatable bonds is 4. The maximum absolute atomic E-state index is 13.5. The minimum absolute atomic E-state index is 0.155. The number of halogens is 3. The van der Waals surface area contributed by atoms with E-state index in [0.29, 0.717) is 11.4 Å². The number of carbonyl (C=O) groups excluding carboxylic acids is 1. The third-order valence-corrected chi connectivity index (χ3v) is 7.29. The van der Waals surface area contributed by atoms with E-state index < -0.39 is 23.8 Å². The third-order valence-electron chi connectivity index (χ3n) is 7.29. The molecule has 182 valence electrons. The zero-order valence-corrected chi connectivity index (χ0v) is 19.3. The van der Waals surface area contributed by atoms with Crippen LogP contribution in [0.15, 0.2) is 42.5 Å². The number of nitrogens with one attached hydrogen (secondary N) is 1. The summed E-state index contributed by atoms with van der Waals surface area (Å²) in [7, 11) is 0. The molecule has 0 aromatic heterocycles. The first kappa shape index (κ1) is 23.0. The molecular formula is C26H30F3N3O2. The molecule has 1 unspecified atom stereocenters. The summed E-state index contributed by atoms with van der Waals surface area (Å²) >= 11 is 0. The van der Waals surface area contributed by atoms with Gasteiger partial charge < -0.3 is 15.0 Å². The minimum atomic E-state index is -4.61. The second kappa shape index (κ2) is 9.13. The smallest absolute Gasteiger partial charge is 0.417 e. The van der Waals surface area contributed by atoms with Gasteiger partial charge in [-0.15, -0.1) is 0 Å². The van der Waals surface area contributed by atoms with Gasteiger partial charge in [0.05, 0.1) is 11.1 Å². The Balaban J connectivity index is 1.27. The molecule has 1 aliphatic carbocycles. The number of likely N-dealkylation sites (tertiary alicyclic amines) is 1. The molecule has 1 N–H and O–H groups in total. The van der Waals surface area contributed by atoms with Crippen molar-refractivity contribution in [3.63, 3.8) is 0 Å². The summed E-state index contributed by atoms with van der Waals surface area (Å²) in [6.07, 6.45) is 2.32. The molecule has 0 radical (unpaired) electrons. The number of nitrogens with zero attached hydrogens (tertiary/aromatic N) is 2. The van der Waals surface area contributed by atoms with E-state index in [1.54, 1.807) is 31.2 Å². The summed E-state index contributed by atoms with van der Waals surface area (Å²) in [5.74, 6) is 0.0478. The van der Waals surface area contributed by atoms with Gasteiger partial charge in [-0.3, -0.25) is 9.69 Å². The van der Waals surface area contributed by atoms with Crippen molar-refractivity contribution in [2.24, 2.45) is 0 Å². The van der Waals surface area contributed by atoms with E-state index in [2.05, 4.69) is 10.2 Å². The molecule has 2 heterocycles. The molecule has 3 aliphatic rings. The van der Waals surface area contributed by atoms with Gasteiger partial charge in [0.25, 0.3) is 5.91 Å². The van der Waals surface area contributed by atoms with E-state index in [0.717, 1.165) is 38.0 Å². The van der Waals surface area contributed by atoms with Crippen LogP contribution >= 0.6 is 0 Å². The summed E-state index contributed by atoms with van der Waals surface area (Å²) in [6.45, 7) is 3.86. The van der Waals surface area contributed by atoms with Gasteiger partial charge in [-0.1, -0.05) is 18.9 Å². The Morgan fingerprint density at radius 2 is 1.65 bits per heavy atom. The van der Waals surface area contributed by atoms with Crippen LogP contribution in [0.2, 0.25) is 0 Å². The van der Waals surface area contributed by atoms with Crippen LogP contribution in [0.5, 0.6) is 5.75 Å². The van der Waals surface area contributed by atoms with E-state index in [1.165, 1.54) is 42.7 Å². The summed E-state index contributed by atoms with van der Waals surface area (Å²) < 4.78 is 46.8. The Morgan fingerprint density at radius 1 is 0.971 bits per heavy atom. The van der Waals surface area contributed by atoms with Crippen molar-refractivity contribution in [1.29, 1.82) is 0 Å². The Hall–Kier alpha value is -2.74. The molecule has 2 aromatic carbocycles. The lowest BCUT2D eigenvalue weighted by Crippen LogP contribution is -2.48. The van der Waals surface area contributed by atoms with Crippen molar-refractivity contribution in [2.75, 3.05) is 23.3 Å². The Kier molecular flexibility index (Phi) is 6.18. The molecule has 1 atom stereocenters. The topological polar surface area (TPSA) is 44.8 Å². The Morgan fingerprint density at radius 3 is 2.29 bits per heavy atom. The van der Waals surface area contributed by atoms with Gasteiger partial charge in [0.15, 0.2) is 0 Å². The van der Waals surface area contributed by atoms with E-state index in [-0.39, 0.29) is 17.4 Å². The molecule has 2 aromatic rings. The predicted molar refractivity (Wildman–Crippen MR) is 125 cm³/mol. The summed E-state index contributed by atoms with van der Waals surface area (Å²) in [5, 5.41) is 3.03. The van der Waals surface area contributed by atoms with E-state index in [9.17, 15) is 18.0 Å². The largest absolute Gasteiger partial charge is 0.490 e. The van der Waals surface area contributed by atoms with Crippen LogP contribution in [0.4, 0.5) is 24.5 Å². The van der Waals surface area contributed by atoms with Gasteiger partial charge in [-0.2, -0.15) is 13.2 Å². The third kappa shape index (κ3) is 4.48. The van der Waals surface area contributed by atoms with Crippen LogP contribution in [-0.2, 0) is 6.18 Å². The fourth-order valence-electron chi connectivity index (χ4n) is 5.57. The number of carbonyl (C=O) groups is 1. The average Bonchev–Trinajstić information content (AvgIpc) is 3.35. The average molecular weight is 474 g/mol. The summed E-state index contributed by atoms with van der Waals surface area (Å²) in [4.78, 5) is 17.1. The second-order valence-electron chi connectivity index (χ2n) is 9.51. The molecule has 5 rings (SSSR count). The molecule has 2 fully saturated rings. The fraction of sp³-hybridized carbons (Fsp3) is 0.500. The number of hydrogen-bond donors (Lipinski definition) is 1. The molecule has 34 heavy (non-hydrogen) atoms. The molecule has 1 amide bonds. The maximum atomic E-state index is 13.5. The van der Waals surface area contributed by atoms with Gasteiger partial charge >= 0.3 is 6.18 Å². The van der Waals surface area contributed by atoms with Crippen molar-refractivity contribution in [3.05, 3.63) is 53.6 Å². The molecule has 8 heteroatoms. The molecule has 1 saturated heterocycles. The number of alkyl halides is 3. The highest BCUT2D eigenvalue weighted by Crippen LogP contribution is 2.39. The second-order valence-corrected chi connectivity index (χ2v) is 9.51. The summed E-state index contributed by atoms with van der Waals surface area (Å²) in [6, 6.07) is 11.6. The van der Waals surface area contributed by atoms with Crippen molar-refractivity contribution in [3.8, 4) is 5.75 Å². The number of piperidine rings is 1. The number of anilines is 2.